The molecule has 1 aromatic rings. The Morgan fingerprint density at radius 2 is 2.00 bits per heavy atom. The maximum atomic E-state index is 13.9. The fraction of sp³-hybridized carbons (Fsp3) is 0.600. The number of hydrogen-bond donors (Lipinski definition) is 1. The van der Waals surface area contributed by atoms with E-state index in [0.717, 1.165) is 24.9 Å². The number of hydrogen-bond acceptors (Lipinski definition) is 1. The highest BCUT2D eigenvalue weighted by atomic mass is 79.9. The van der Waals surface area contributed by atoms with Gasteiger partial charge in [-0.25, -0.2) is 4.39 Å². The Hall–Kier alpha value is -0.410. The molecule has 1 N–H and O–H groups in total. The third-order valence-electron chi connectivity index (χ3n) is 3.23. The van der Waals surface area contributed by atoms with Gasteiger partial charge >= 0.3 is 0 Å². The molecular weight excluding hydrogens is 293 g/mol. The lowest BCUT2D eigenvalue weighted by Gasteiger charge is -2.31. The molecule has 0 aliphatic heterocycles. The summed E-state index contributed by atoms with van der Waals surface area (Å²) in [5.74, 6) is -0.123. The normalized spacial score (nSPS) is 13.7. The van der Waals surface area contributed by atoms with Gasteiger partial charge in [-0.05, 0) is 52.4 Å². The van der Waals surface area contributed by atoms with E-state index in [9.17, 15) is 4.39 Å². The van der Waals surface area contributed by atoms with Crippen molar-refractivity contribution in [2.45, 2.75) is 46.6 Å². The van der Waals surface area contributed by atoms with Crippen LogP contribution in [0, 0.1) is 11.2 Å². The van der Waals surface area contributed by atoms with Crippen molar-refractivity contribution in [2.24, 2.45) is 5.41 Å². The van der Waals surface area contributed by atoms with Crippen molar-refractivity contribution in [3.63, 3.8) is 0 Å². The molecule has 1 unspecified atom stereocenters. The van der Waals surface area contributed by atoms with Gasteiger partial charge in [0.2, 0.25) is 0 Å². The van der Waals surface area contributed by atoms with Gasteiger partial charge in [0.1, 0.15) is 5.82 Å². The van der Waals surface area contributed by atoms with Gasteiger partial charge in [0.15, 0.2) is 0 Å². The third kappa shape index (κ3) is 4.36. The maximum absolute atomic E-state index is 13.9. The molecule has 0 aromatic heterocycles. The van der Waals surface area contributed by atoms with Crippen molar-refractivity contribution >= 4 is 15.9 Å². The lowest BCUT2D eigenvalue weighted by molar-refractivity contribution is 0.258. The minimum atomic E-state index is -0.123. The van der Waals surface area contributed by atoms with Gasteiger partial charge in [-0.3, -0.25) is 0 Å². The minimum absolute atomic E-state index is 0.123. The first-order valence-electron chi connectivity index (χ1n) is 6.52. The zero-order chi connectivity index (χ0) is 13.8. The van der Waals surface area contributed by atoms with Crippen molar-refractivity contribution in [3.05, 3.63) is 34.1 Å². The van der Waals surface area contributed by atoms with Crippen LogP contribution in [0.1, 0.15) is 39.7 Å². The van der Waals surface area contributed by atoms with Crippen LogP contribution in [0.2, 0.25) is 0 Å². The van der Waals surface area contributed by atoms with Gasteiger partial charge in [-0.15, -0.1) is 0 Å². The van der Waals surface area contributed by atoms with E-state index in [4.69, 9.17) is 0 Å². The monoisotopic (exact) mass is 315 g/mol. The molecule has 1 rings (SSSR count). The Morgan fingerprint density at radius 3 is 2.56 bits per heavy atom. The number of benzene rings is 1. The van der Waals surface area contributed by atoms with Crippen molar-refractivity contribution in [2.75, 3.05) is 6.54 Å². The van der Waals surface area contributed by atoms with Crippen molar-refractivity contribution < 1.29 is 4.39 Å². The van der Waals surface area contributed by atoms with Gasteiger partial charge in [0, 0.05) is 6.04 Å². The highest BCUT2D eigenvalue weighted by molar-refractivity contribution is 9.10. The molecule has 1 atom stereocenters. The van der Waals surface area contributed by atoms with E-state index < -0.39 is 0 Å². The van der Waals surface area contributed by atoms with Gasteiger partial charge < -0.3 is 5.32 Å². The van der Waals surface area contributed by atoms with Gasteiger partial charge in [-0.2, -0.15) is 0 Å². The largest absolute Gasteiger partial charge is 0.314 e. The first-order chi connectivity index (χ1) is 8.36. The molecule has 102 valence electrons. The van der Waals surface area contributed by atoms with E-state index in [2.05, 4.69) is 48.9 Å². The van der Waals surface area contributed by atoms with Crippen LogP contribution in [0.4, 0.5) is 4.39 Å². The molecule has 0 aliphatic carbocycles. The molecule has 18 heavy (non-hydrogen) atoms. The highest BCUT2D eigenvalue weighted by Gasteiger charge is 2.23. The van der Waals surface area contributed by atoms with Crippen LogP contribution in [0.5, 0.6) is 0 Å². The standard InChI is InChI=1S/C15H23BrFN/c1-5-18-13(15(2,3)4)10-9-11-7-6-8-12(16)14(11)17/h6-8,13,18H,5,9-10H2,1-4H3. The molecule has 0 bridgehead atoms. The molecule has 0 amide bonds. The zero-order valence-corrected chi connectivity index (χ0v) is 13.3. The molecule has 0 saturated carbocycles. The summed E-state index contributed by atoms with van der Waals surface area (Å²) >= 11 is 3.23. The molecule has 0 spiro atoms. The van der Waals surface area contributed by atoms with Crippen LogP contribution in [0.25, 0.3) is 0 Å². The van der Waals surface area contributed by atoms with E-state index in [0.29, 0.717) is 10.5 Å². The molecule has 0 aliphatic rings. The molecule has 0 radical (unpaired) electrons. The van der Waals surface area contributed by atoms with Crippen LogP contribution in [0.15, 0.2) is 22.7 Å². The zero-order valence-electron chi connectivity index (χ0n) is 11.7. The predicted octanol–water partition coefficient (Wildman–Crippen LogP) is 4.55. The Bertz CT molecular complexity index is 385. The summed E-state index contributed by atoms with van der Waals surface area (Å²) in [6, 6.07) is 5.90. The van der Waals surface area contributed by atoms with E-state index >= 15 is 0 Å². The minimum Gasteiger partial charge on any atom is -0.314 e. The Morgan fingerprint density at radius 1 is 1.33 bits per heavy atom. The number of aryl methyl sites for hydroxylation is 1. The summed E-state index contributed by atoms with van der Waals surface area (Å²) in [5.41, 5.74) is 0.981. The van der Waals surface area contributed by atoms with Gasteiger partial charge in [0.05, 0.1) is 4.47 Å². The average molecular weight is 316 g/mol. The van der Waals surface area contributed by atoms with E-state index in [1.54, 1.807) is 6.07 Å². The summed E-state index contributed by atoms with van der Waals surface area (Å²) in [6.45, 7) is 9.72. The summed E-state index contributed by atoms with van der Waals surface area (Å²) in [7, 11) is 0. The van der Waals surface area contributed by atoms with Crippen molar-refractivity contribution in [1.29, 1.82) is 0 Å². The van der Waals surface area contributed by atoms with Gasteiger partial charge in [0.25, 0.3) is 0 Å². The lowest BCUT2D eigenvalue weighted by Crippen LogP contribution is -2.40. The second kappa shape index (κ2) is 6.67. The molecular formula is C15H23BrFN. The Kier molecular flexibility index (Phi) is 5.80. The highest BCUT2D eigenvalue weighted by Crippen LogP contribution is 2.25. The van der Waals surface area contributed by atoms with Crippen molar-refractivity contribution in [3.8, 4) is 0 Å². The summed E-state index contributed by atoms with van der Waals surface area (Å²) in [5, 5.41) is 3.49. The predicted molar refractivity (Wildman–Crippen MR) is 79.3 cm³/mol. The SMILES string of the molecule is CCNC(CCc1cccc(Br)c1F)C(C)(C)C. The molecule has 0 saturated heterocycles. The quantitative estimate of drug-likeness (QED) is 0.840. The fourth-order valence-electron chi connectivity index (χ4n) is 2.13. The van der Waals surface area contributed by atoms with Crippen LogP contribution in [0.3, 0.4) is 0 Å². The summed E-state index contributed by atoms with van der Waals surface area (Å²) < 4.78 is 14.4. The smallest absolute Gasteiger partial charge is 0.140 e. The van der Waals surface area contributed by atoms with E-state index in [-0.39, 0.29) is 11.2 Å². The summed E-state index contributed by atoms with van der Waals surface area (Å²) in [4.78, 5) is 0. The van der Waals surface area contributed by atoms with Gasteiger partial charge in [-0.1, -0.05) is 39.8 Å². The van der Waals surface area contributed by atoms with Crippen LogP contribution < -0.4 is 5.32 Å². The topological polar surface area (TPSA) is 12.0 Å². The summed E-state index contributed by atoms with van der Waals surface area (Å²) in [6.07, 6.45) is 1.71. The van der Waals surface area contributed by atoms with E-state index in [1.165, 1.54) is 0 Å². The second-order valence-corrected chi connectivity index (χ2v) is 6.58. The second-order valence-electron chi connectivity index (χ2n) is 5.73. The maximum Gasteiger partial charge on any atom is 0.140 e. The molecule has 0 heterocycles. The Balaban J connectivity index is 2.70. The van der Waals surface area contributed by atoms with Crippen LogP contribution in [-0.4, -0.2) is 12.6 Å². The van der Waals surface area contributed by atoms with E-state index in [1.807, 2.05) is 12.1 Å². The average Bonchev–Trinajstić information content (AvgIpc) is 2.28. The van der Waals surface area contributed by atoms with Crippen LogP contribution >= 0.6 is 15.9 Å². The van der Waals surface area contributed by atoms with Crippen molar-refractivity contribution in [1.82, 2.24) is 5.32 Å². The first kappa shape index (κ1) is 15.6. The fourth-order valence-corrected chi connectivity index (χ4v) is 2.54. The number of rotatable bonds is 5. The van der Waals surface area contributed by atoms with Crippen LogP contribution in [-0.2, 0) is 6.42 Å². The molecule has 3 heteroatoms. The first-order valence-corrected chi connectivity index (χ1v) is 7.31. The number of nitrogens with one attached hydrogen (secondary N) is 1. The molecule has 1 nitrogen and oxygen atoms in total. The lowest BCUT2D eigenvalue weighted by atomic mass is 9.83. The molecule has 1 aromatic carbocycles. The third-order valence-corrected chi connectivity index (χ3v) is 3.84. The Labute approximate surface area is 118 Å². The number of halogens is 2. The molecule has 0 fully saturated rings.